The van der Waals surface area contributed by atoms with Crippen LogP contribution in [0.2, 0.25) is 0 Å². The van der Waals surface area contributed by atoms with E-state index in [1.165, 1.54) is 9.75 Å². The van der Waals surface area contributed by atoms with Crippen molar-refractivity contribution in [1.29, 1.82) is 0 Å². The molecule has 0 radical (unpaired) electrons. The molecule has 0 fully saturated rings. The first-order chi connectivity index (χ1) is 9.80. The molecule has 0 atom stereocenters. The zero-order chi connectivity index (χ0) is 13.9. The van der Waals surface area contributed by atoms with Crippen LogP contribution in [0.3, 0.4) is 0 Å². The quantitative estimate of drug-likeness (QED) is 0.920. The Kier molecular flexibility index (Phi) is 3.80. The Hall–Kier alpha value is -1.72. The van der Waals surface area contributed by atoms with Crippen LogP contribution in [-0.4, -0.2) is 6.79 Å². The van der Waals surface area contributed by atoms with Crippen molar-refractivity contribution in [3.8, 4) is 17.2 Å². The lowest BCUT2D eigenvalue weighted by Crippen LogP contribution is -2.02. The first-order valence-electron chi connectivity index (χ1n) is 6.63. The van der Waals surface area contributed by atoms with Crippen molar-refractivity contribution in [2.45, 2.75) is 26.5 Å². The Bertz CT molecular complexity index is 609. The summed E-state index contributed by atoms with van der Waals surface area (Å²) in [5.41, 5.74) is 6.70. The summed E-state index contributed by atoms with van der Waals surface area (Å²) in [6, 6.07) is 8.01. The van der Waals surface area contributed by atoms with E-state index < -0.39 is 0 Å². The van der Waals surface area contributed by atoms with E-state index in [0.717, 1.165) is 29.2 Å². The van der Waals surface area contributed by atoms with E-state index in [-0.39, 0.29) is 6.79 Å². The van der Waals surface area contributed by atoms with E-state index in [2.05, 4.69) is 19.1 Å². The molecule has 0 bridgehead atoms. The summed E-state index contributed by atoms with van der Waals surface area (Å²) in [4.78, 5) is 2.58. The van der Waals surface area contributed by atoms with Gasteiger partial charge in [0.25, 0.3) is 0 Å². The van der Waals surface area contributed by atoms with Gasteiger partial charge >= 0.3 is 0 Å². The third kappa shape index (κ3) is 2.59. The van der Waals surface area contributed by atoms with Crippen LogP contribution >= 0.6 is 11.3 Å². The van der Waals surface area contributed by atoms with Crippen LogP contribution in [-0.2, 0) is 19.6 Å². The Morgan fingerprint density at radius 3 is 2.65 bits per heavy atom. The van der Waals surface area contributed by atoms with Crippen molar-refractivity contribution in [3.05, 3.63) is 39.6 Å². The van der Waals surface area contributed by atoms with Gasteiger partial charge in [0.2, 0.25) is 6.79 Å². The number of benzene rings is 1. The molecule has 5 heteroatoms. The summed E-state index contributed by atoms with van der Waals surface area (Å²) in [5, 5.41) is 0. The fourth-order valence-electron chi connectivity index (χ4n) is 2.10. The third-order valence-electron chi connectivity index (χ3n) is 3.21. The largest absolute Gasteiger partial charge is 0.488 e. The van der Waals surface area contributed by atoms with Gasteiger partial charge in [0.1, 0.15) is 12.4 Å². The smallest absolute Gasteiger partial charge is 0.231 e. The summed E-state index contributed by atoms with van der Waals surface area (Å²) in [6.45, 7) is 3.38. The number of thiophene rings is 1. The highest BCUT2D eigenvalue weighted by molar-refractivity contribution is 7.11. The van der Waals surface area contributed by atoms with Gasteiger partial charge in [-0.1, -0.05) is 6.92 Å². The van der Waals surface area contributed by atoms with Crippen LogP contribution in [0.4, 0.5) is 0 Å². The van der Waals surface area contributed by atoms with Crippen molar-refractivity contribution in [1.82, 2.24) is 0 Å². The fourth-order valence-corrected chi connectivity index (χ4v) is 2.97. The summed E-state index contributed by atoms with van der Waals surface area (Å²) >= 11 is 1.78. The van der Waals surface area contributed by atoms with Crippen LogP contribution < -0.4 is 19.9 Å². The van der Waals surface area contributed by atoms with E-state index in [0.29, 0.717) is 13.2 Å². The second-order valence-electron chi connectivity index (χ2n) is 4.53. The summed E-state index contributed by atoms with van der Waals surface area (Å²) in [5.74, 6) is 2.23. The Morgan fingerprint density at radius 1 is 1.20 bits per heavy atom. The monoisotopic (exact) mass is 291 g/mol. The molecule has 1 aliphatic heterocycles. The number of ether oxygens (including phenoxy) is 3. The predicted octanol–water partition coefficient (Wildman–Crippen LogP) is 3.08. The highest BCUT2D eigenvalue weighted by Gasteiger charge is 2.17. The van der Waals surface area contributed by atoms with Gasteiger partial charge in [0.05, 0.1) is 0 Å². The number of hydrogen-bond donors (Lipinski definition) is 1. The summed E-state index contributed by atoms with van der Waals surface area (Å²) in [7, 11) is 0. The van der Waals surface area contributed by atoms with Crippen molar-refractivity contribution in [2.75, 3.05) is 6.79 Å². The molecule has 1 aliphatic rings. The minimum Gasteiger partial charge on any atom is -0.488 e. The zero-order valence-electron chi connectivity index (χ0n) is 11.3. The number of rotatable bonds is 5. The van der Waals surface area contributed by atoms with E-state index >= 15 is 0 Å². The first-order valence-corrected chi connectivity index (χ1v) is 7.44. The second kappa shape index (κ2) is 5.73. The molecule has 106 valence electrons. The Morgan fingerprint density at radius 2 is 1.95 bits per heavy atom. The molecule has 0 saturated carbocycles. The number of hydrogen-bond acceptors (Lipinski definition) is 5. The zero-order valence-corrected chi connectivity index (χ0v) is 12.2. The normalized spacial score (nSPS) is 12.7. The van der Waals surface area contributed by atoms with E-state index in [1.54, 1.807) is 11.3 Å². The summed E-state index contributed by atoms with van der Waals surface area (Å²) < 4.78 is 16.6. The maximum atomic E-state index is 5.89. The molecule has 2 N–H and O–H groups in total. The van der Waals surface area contributed by atoms with Crippen molar-refractivity contribution < 1.29 is 14.2 Å². The molecule has 0 spiro atoms. The lowest BCUT2D eigenvalue weighted by molar-refractivity contribution is 0.173. The maximum absolute atomic E-state index is 5.89. The molecule has 1 aromatic heterocycles. The molecule has 0 aliphatic carbocycles. The lowest BCUT2D eigenvalue weighted by atomic mass is 10.2. The van der Waals surface area contributed by atoms with Crippen LogP contribution in [0.5, 0.6) is 17.2 Å². The van der Waals surface area contributed by atoms with Gasteiger partial charge in [-0.05, 0) is 24.6 Å². The van der Waals surface area contributed by atoms with E-state index in [1.807, 2.05) is 12.1 Å². The molecule has 4 nitrogen and oxygen atoms in total. The lowest BCUT2D eigenvalue weighted by Gasteiger charge is -2.10. The topological polar surface area (TPSA) is 53.7 Å². The molecular formula is C15H17NO3S. The molecular weight excluding hydrogens is 274 g/mol. The van der Waals surface area contributed by atoms with Crippen molar-refractivity contribution >= 4 is 11.3 Å². The second-order valence-corrected chi connectivity index (χ2v) is 5.78. The van der Waals surface area contributed by atoms with Crippen LogP contribution in [0.25, 0.3) is 0 Å². The molecule has 0 saturated heterocycles. The molecule has 0 amide bonds. The van der Waals surface area contributed by atoms with Gasteiger partial charge in [0, 0.05) is 27.9 Å². The van der Waals surface area contributed by atoms with E-state index in [4.69, 9.17) is 19.9 Å². The number of nitrogens with two attached hydrogens (primary N) is 1. The average molecular weight is 291 g/mol. The highest BCUT2D eigenvalue weighted by atomic mass is 32.1. The number of aryl methyl sites for hydroxylation is 1. The van der Waals surface area contributed by atoms with Crippen molar-refractivity contribution in [2.24, 2.45) is 5.73 Å². The molecule has 2 heterocycles. The van der Waals surface area contributed by atoms with Gasteiger partial charge in [-0.2, -0.15) is 0 Å². The van der Waals surface area contributed by atoms with Crippen LogP contribution in [0.15, 0.2) is 24.3 Å². The molecule has 20 heavy (non-hydrogen) atoms. The van der Waals surface area contributed by atoms with E-state index in [9.17, 15) is 0 Å². The highest BCUT2D eigenvalue weighted by Crippen LogP contribution is 2.38. The van der Waals surface area contributed by atoms with Gasteiger partial charge in [0.15, 0.2) is 11.5 Å². The Balaban J connectivity index is 1.76. The fraction of sp³-hybridized carbons (Fsp3) is 0.333. The van der Waals surface area contributed by atoms with Gasteiger partial charge in [-0.25, -0.2) is 0 Å². The van der Waals surface area contributed by atoms with Crippen molar-refractivity contribution in [3.63, 3.8) is 0 Å². The summed E-state index contributed by atoms with van der Waals surface area (Å²) in [6.07, 6.45) is 1.06. The average Bonchev–Trinajstić information content (AvgIpc) is 3.12. The van der Waals surface area contributed by atoms with Gasteiger partial charge in [-0.3, -0.25) is 0 Å². The number of fused-ring (bicyclic) bond motifs is 1. The van der Waals surface area contributed by atoms with Crippen LogP contribution in [0, 0.1) is 0 Å². The standard InChI is InChI=1S/C15H17NO3S/c1-2-11-3-4-12(20-11)8-17-13-6-15-14(18-9-19-15)5-10(13)7-16/h3-6H,2,7-9,16H2,1H3. The minimum atomic E-state index is 0.258. The molecule has 3 rings (SSSR count). The Labute approximate surface area is 122 Å². The molecule has 0 unspecified atom stereocenters. The third-order valence-corrected chi connectivity index (χ3v) is 4.41. The molecule has 1 aromatic carbocycles. The minimum absolute atomic E-state index is 0.258. The maximum Gasteiger partial charge on any atom is 0.231 e. The predicted molar refractivity (Wildman–Crippen MR) is 78.5 cm³/mol. The SMILES string of the molecule is CCc1ccc(COc2cc3c(cc2CN)OCO3)s1. The first kappa shape index (κ1) is 13.3. The van der Waals surface area contributed by atoms with Gasteiger partial charge < -0.3 is 19.9 Å². The molecule has 2 aromatic rings. The van der Waals surface area contributed by atoms with Crippen LogP contribution in [0.1, 0.15) is 22.2 Å². The van der Waals surface area contributed by atoms with Gasteiger partial charge in [-0.15, -0.1) is 11.3 Å².